The zero-order chi connectivity index (χ0) is 10.6. The van der Waals surface area contributed by atoms with Crippen LogP contribution in [0.2, 0.25) is 0 Å². The van der Waals surface area contributed by atoms with Crippen molar-refractivity contribution in [1.29, 1.82) is 0 Å². The molecule has 0 amide bonds. The van der Waals surface area contributed by atoms with E-state index < -0.39 is 0 Å². The molecule has 2 heterocycles. The SMILES string of the molecule is CCCC1CCOC2(CCCOCC2)N1. The van der Waals surface area contributed by atoms with Crippen LogP contribution in [-0.2, 0) is 9.47 Å². The zero-order valence-electron chi connectivity index (χ0n) is 9.76. The lowest BCUT2D eigenvalue weighted by Gasteiger charge is -2.41. The van der Waals surface area contributed by atoms with Crippen molar-refractivity contribution in [2.24, 2.45) is 0 Å². The van der Waals surface area contributed by atoms with Crippen LogP contribution in [0.4, 0.5) is 0 Å². The minimum absolute atomic E-state index is 0.0609. The van der Waals surface area contributed by atoms with Crippen LogP contribution in [0.25, 0.3) is 0 Å². The van der Waals surface area contributed by atoms with E-state index in [0.29, 0.717) is 6.04 Å². The number of hydrogen-bond donors (Lipinski definition) is 1. The van der Waals surface area contributed by atoms with E-state index in [0.717, 1.165) is 45.5 Å². The van der Waals surface area contributed by atoms with E-state index in [1.807, 2.05) is 0 Å². The molecular weight excluding hydrogens is 190 g/mol. The lowest BCUT2D eigenvalue weighted by atomic mass is 9.98. The number of rotatable bonds is 2. The smallest absolute Gasteiger partial charge is 0.121 e. The molecule has 0 aromatic carbocycles. The summed E-state index contributed by atoms with van der Waals surface area (Å²) in [5, 5.41) is 3.71. The van der Waals surface area contributed by atoms with Gasteiger partial charge < -0.3 is 9.47 Å². The molecule has 2 saturated heterocycles. The molecule has 0 radical (unpaired) electrons. The van der Waals surface area contributed by atoms with Gasteiger partial charge in [0, 0.05) is 19.1 Å². The molecule has 15 heavy (non-hydrogen) atoms. The third-order valence-corrected chi connectivity index (χ3v) is 3.47. The Morgan fingerprint density at radius 2 is 2.20 bits per heavy atom. The van der Waals surface area contributed by atoms with E-state index in [1.54, 1.807) is 0 Å². The van der Waals surface area contributed by atoms with E-state index in [1.165, 1.54) is 12.8 Å². The quantitative estimate of drug-likeness (QED) is 0.761. The van der Waals surface area contributed by atoms with Crippen LogP contribution >= 0.6 is 0 Å². The van der Waals surface area contributed by atoms with Crippen molar-refractivity contribution in [1.82, 2.24) is 5.32 Å². The second-order valence-electron chi connectivity index (χ2n) is 4.73. The van der Waals surface area contributed by atoms with Gasteiger partial charge in [0.05, 0.1) is 13.2 Å². The molecule has 0 saturated carbocycles. The number of hydrogen-bond acceptors (Lipinski definition) is 3. The molecule has 2 rings (SSSR count). The molecule has 3 heteroatoms. The molecule has 2 aliphatic heterocycles. The lowest BCUT2D eigenvalue weighted by molar-refractivity contribution is -0.121. The largest absolute Gasteiger partial charge is 0.381 e. The van der Waals surface area contributed by atoms with Crippen molar-refractivity contribution >= 4 is 0 Å². The average Bonchev–Trinajstić information content (AvgIpc) is 2.45. The van der Waals surface area contributed by atoms with Crippen LogP contribution in [-0.4, -0.2) is 31.6 Å². The molecular formula is C12H23NO2. The fraction of sp³-hybridized carbons (Fsp3) is 1.00. The van der Waals surface area contributed by atoms with Crippen LogP contribution in [0, 0.1) is 0 Å². The standard InChI is InChI=1S/C12H23NO2/c1-2-4-11-5-9-15-12(13-11)6-3-8-14-10-7-12/h11,13H,2-10H2,1H3. The molecule has 1 N–H and O–H groups in total. The lowest BCUT2D eigenvalue weighted by Crippen LogP contribution is -2.56. The maximum absolute atomic E-state index is 5.97. The van der Waals surface area contributed by atoms with Gasteiger partial charge in [0.15, 0.2) is 0 Å². The van der Waals surface area contributed by atoms with Crippen LogP contribution < -0.4 is 5.32 Å². The van der Waals surface area contributed by atoms with Gasteiger partial charge >= 0.3 is 0 Å². The normalized spacial score (nSPS) is 37.8. The average molecular weight is 213 g/mol. The summed E-state index contributed by atoms with van der Waals surface area (Å²) < 4.78 is 11.5. The second kappa shape index (κ2) is 5.28. The molecule has 0 aromatic rings. The van der Waals surface area contributed by atoms with E-state index in [-0.39, 0.29) is 5.72 Å². The summed E-state index contributed by atoms with van der Waals surface area (Å²) in [4.78, 5) is 0. The Hall–Kier alpha value is -0.120. The molecule has 1 spiro atoms. The van der Waals surface area contributed by atoms with Crippen molar-refractivity contribution in [3.8, 4) is 0 Å². The highest BCUT2D eigenvalue weighted by Crippen LogP contribution is 2.28. The van der Waals surface area contributed by atoms with Crippen molar-refractivity contribution in [2.45, 2.75) is 57.2 Å². The first-order valence-corrected chi connectivity index (χ1v) is 6.34. The Balaban J connectivity index is 1.93. The van der Waals surface area contributed by atoms with Gasteiger partial charge in [0.2, 0.25) is 0 Å². The summed E-state index contributed by atoms with van der Waals surface area (Å²) in [5.41, 5.74) is -0.0609. The van der Waals surface area contributed by atoms with Crippen LogP contribution in [0.1, 0.15) is 45.4 Å². The maximum atomic E-state index is 5.97. The van der Waals surface area contributed by atoms with Crippen molar-refractivity contribution in [2.75, 3.05) is 19.8 Å². The molecule has 2 aliphatic rings. The Morgan fingerprint density at radius 3 is 3.07 bits per heavy atom. The van der Waals surface area contributed by atoms with Gasteiger partial charge in [0.25, 0.3) is 0 Å². The molecule has 2 fully saturated rings. The third-order valence-electron chi connectivity index (χ3n) is 3.47. The van der Waals surface area contributed by atoms with Gasteiger partial charge in [-0.2, -0.15) is 0 Å². The molecule has 2 atom stereocenters. The third kappa shape index (κ3) is 2.92. The summed E-state index contributed by atoms with van der Waals surface area (Å²) in [7, 11) is 0. The van der Waals surface area contributed by atoms with E-state index in [2.05, 4.69) is 12.2 Å². The molecule has 0 aromatic heterocycles. The summed E-state index contributed by atoms with van der Waals surface area (Å²) in [6, 6.07) is 0.654. The molecule has 2 unspecified atom stereocenters. The van der Waals surface area contributed by atoms with Gasteiger partial charge in [-0.15, -0.1) is 0 Å². The Kier molecular flexibility index (Phi) is 4.00. The van der Waals surface area contributed by atoms with Crippen molar-refractivity contribution in [3.05, 3.63) is 0 Å². The predicted octanol–water partition coefficient (Wildman–Crippen LogP) is 2.06. The van der Waals surface area contributed by atoms with E-state index in [4.69, 9.17) is 9.47 Å². The van der Waals surface area contributed by atoms with Crippen LogP contribution in [0.15, 0.2) is 0 Å². The van der Waals surface area contributed by atoms with Crippen LogP contribution in [0.3, 0.4) is 0 Å². The van der Waals surface area contributed by atoms with E-state index in [9.17, 15) is 0 Å². The topological polar surface area (TPSA) is 30.5 Å². The number of ether oxygens (including phenoxy) is 2. The van der Waals surface area contributed by atoms with Gasteiger partial charge in [0.1, 0.15) is 5.72 Å². The Morgan fingerprint density at radius 1 is 1.27 bits per heavy atom. The fourth-order valence-electron chi connectivity index (χ4n) is 2.66. The first-order chi connectivity index (χ1) is 7.35. The van der Waals surface area contributed by atoms with E-state index >= 15 is 0 Å². The zero-order valence-corrected chi connectivity index (χ0v) is 9.76. The molecule has 0 aliphatic carbocycles. The highest BCUT2D eigenvalue weighted by atomic mass is 16.5. The summed E-state index contributed by atoms with van der Waals surface area (Å²) in [5.74, 6) is 0. The number of nitrogens with one attached hydrogen (secondary N) is 1. The van der Waals surface area contributed by atoms with Gasteiger partial charge in [-0.25, -0.2) is 0 Å². The minimum atomic E-state index is -0.0609. The maximum Gasteiger partial charge on any atom is 0.121 e. The monoisotopic (exact) mass is 213 g/mol. The summed E-state index contributed by atoms with van der Waals surface area (Å²) in [6.45, 7) is 4.90. The first-order valence-electron chi connectivity index (χ1n) is 6.34. The predicted molar refractivity (Wildman–Crippen MR) is 59.8 cm³/mol. The summed E-state index contributed by atoms with van der Waals surface area (Å²) in [6.07, 6.45) is 6.92. The molecule has 88 valence electrons. The highest BCUT2D eigenvalue weighted by molar-refractivity contribution is 4.87. The van der Waals surface area contributed by atoms with Crippen molar-refractivity contribution in [3.63, 3.8) is 0 Å². The second-order valence-corrected chi connectivity index (χ2v) is 4.73. The summed E-state index contributed by atoms with van der Waals surface area (Å²) >= 11 is 0. The van der Waals surface area contributed by atoms with Crippen LogP contribution in [0.5, 0.6) is 0 Å². The Bertz CT molecular complexity index is 186. The van der Waals surface area contributed by atoms with Gasteiger partial charge in [-0.05, 0) is 25.7 Å². The molecule has 3 nitrogen and oxygen atoms in total. The minimum Gasteiger partial charge on any atom is -0.381 e. The van der Waals surface area contributed by atoms with Crippen molar-refractivity contribution < 1.29 is 9.47 Å². The highest BCUT2D eigenvalue weighted by Gasteiger charge is 2.36. The van der Waals surface area contributed by atoms with Gasteiger partial charge in [-0.3, -0.25) is 5.32 Å². The fourth-order valence-corrected chi connectivity index (χ4v) is 2.66. The van der Waals surface area contributed by atoms with Gasteiger partial charge in [-0.1, -0.05) is 13.3 Å². The molecule has 0 bridgehead atoms. The first kappa shape index (κ1) is 11.4. The Labute approximate surface area is 92.5 Å².